The molecule has 0 atom stereocenters. The second-order valence-corrected chi connectivity index (χ2v) is 4.89. The van der Waals surface area contributed by atoms with Gasteiger partial charge in [-0.1, -0.05) is 6.92 Å². The lowest BCUT2D eigenvalue weighted by Crippen LogP contribution is -2.47. The summed E-state index contributed by atoms with van der Waals surface area (Å²) < 4.78 is 0. The van der Waals surface area contributed by atoms with Crippen molar-refractivity contribution < 1.29 is 0 Å². The van der Waals surface area contributed by atoms with Gasteiger partial charge in [0, 0.05) is 26.2 Å². The van der Waals surface area contributed by atoms with Crippen molar-refractivity contribution in [3.05, 3.63) is 0 Å². The lowest BCUT2D eigenvalue weighted by Gasteiger charge is -2.34. The minimum Gasteiger partial charge on any atom is -0.357 e. The van der Waals surface area contributed by atoms with E-state index in [0.717, 1.165) is 37.8 Å². The van der Waals surface area contributed by atoms with Crippen LogP contribution in [0.15, 0.2) is 0 Å². The number of amidine groups is 1. The summed E-state index contributed by atoms with van der Waals surface area (Å²) >= 11 is 1.88. The fourth-order valence-electron chi connectivity index (χ4n) is 1.48. The van der Waals surface area contributed by atoms with E-state index in [1.54, 1.807) is 0 Å². The lowest BCUT2D eigenvalue weighted by molar-refractivity contribution is 0.214. The Morgan fingerprint density at radius 3 is 2.50 bits per heavy atom. The van der Waals surface area contributed by atoms with Gasteiger partial charge in [-0.3, -0.25) is 5.41 Å². The molecule has 0 aliphatic carbocycles. The third kappa shape index (κ3) is 3.88. The number of hydrogen-bond donors (Lipinski definition) is 1. The van der Waals surface area contributed by atoms with Gasteiger partial charge in [-0.05, 0) is 19.2 Å². The molecule has 0 aromatic rings. The van der Waals surface area contributed by atoms with Crippen molar-refractivity contribution in [1.29, 1.82) is 5.41 Å². The molecule has 1 saturated heterocycles. The number of nitrogens with zero attached hydrogens (tertiary/aromatic N) is 2. The van der Waals surface area contributed by atoms with Crippen molar-refractivity contribution in [2.24, 2.45) is 0 Å². The third-order valence-corrected chi connectivity index (χ3v) is 3.65. The topological polar surface area (TPSA) is 30.3 Å². The maximum atomic E-state index is 7.91. The number of thioether (sulfide) groups is 1. The summed E-state index contributed by atoms with van der Waals surface area (Å²) in [6.45, 7) is 6.44. The summed E-state index contributed by atoms with van der Waals surface area (Å²) in [5, 5.41) is 7.91. The predicted octanol–water partition coefficient (Wildman–Crippen LogP) is 1.35. The summed E-state index contributed by atoms with van der Waals surface area (Å²) in [6, 6.07) is 0. The highest BCUT2D eigenvalue weighted by Gasteiger charge is 2.15. The van der Waals surface area contributed by atoms with Gasteiger partial charge in [0.05, 0.1) is 5.75 Å². The second kappa shape index (κ2) is 6.30. The number of rotatable bonds is 4. The Kier molecular flexibility index (Phi) is 5.33. The van der Waals surface area contributed by atoms with Crippen molar-refractivity contribution in [2.45, 2.75) is 13.3 Å². The molecule has 0 aromatic carbocycles. The van der Waals surface area contributed by atoms with E-state index in [2.05, 4.69) is 23.8 Å². The van der Waals surface area contributed by atoms with Gasteiger partial charge in [-0.15, -0.1) is 0 Å². The Labute approximate surface area is 91.3 Å². The van der Waals surface area contributed by atoms with Gasteiger partial charge in [-0.25, -0.2) is 0 Å². The largest absolute Gasteiger partial charge is 0.357 e. The molecule has 1 heterocycles. The van der Waals surface area contributed by atoms with Crippen LogP contribution in [-0.2, 0) is 0 Å². The van der Waals surface area contributed by atoms with Gasteiger partial charge < -0.3 is 9.80 Å². The molecule has 14 heavy (non-hydrogen) atoms. The first-order chi connectivity index (χ1) is 6.74. The molecule has 0 radical (unpaired) electrons. The van der Waals surface area contributed by atoms with E-state index >= 15 is 0 Å². The zero-order valence-corrected chi connectivity index (χ0v) is 10.1. The quantitative estimate of drug-likeness (QED) is 0.436. The standard InChI is InChI=1S/C10H21N3S/c1-3-8-14-9-10(11)13-6-4-12(2)5-7-13/h11H,3-9H2,1-2H3. The average Bonchev–Trinajstić information content (AvgIpc) is 2.19. The zero-order chi connectivity index (χ0) is 10.4. The van der Waals surface area contributed by atoms with Crippen LogP contribution in [0.5, 0.6) is 0 Å². The molecule has 3 nitrogen and oxygen atoms in total. The fourth-order valence-corrected chi connectivity index (χ4v) is 2.29. The highest BCUT2D eigenvalue weighted by atomic mass is 32.2. The van der Waals surface area contributed by atoms with Gasteiger partial charge in [0.1, 0.15) is 5.84 Å². The van der Waals surface area contributed by atoms with Crippen molar-refractivity contribution in [1.82, 2.24) is 9.80 Å². The van der Waals surface area contributed by atoms with E-state index in [-0.39, 0.29) is 0 Å². The van der Waals surface area contributed by atoms with Gasteiger partial charge in [0.25, 0.3) is 0 Å². The van der Waals surface area contributed by atoms with E-state index in [1.807, 2.05) is 11.8 Å². The Bertz CT molecular complexity index is 176. The monoisotopic (exact) mass is 215 g/mol. The van der Waals surface area contributed by atoms with E-state index in [9.17, 15) is 0 Å². The molecular formula is C10H21N3S. The van der Waals surface area contributed by atoms with E-state index in [0.29, 0.717) is 0 Å². The molecule has 0 unspecified atom stereocenters. The van der Waals surface area contributed by atoms with Crippen LogP contribution in [0.25, 0.3) is 0 Å². The Morgan fingerprint density at radius 2 is 1.93 bits per heavy atom. The smallest absolute Gasteiger partial charge is 0.106 e. The Balaban J connectivity index is 2.17. The summed E-state index contributed by atoms with van der Waals surface area (Å²) in [7, 11) is 2.15. The molecular weight excluding hydrogens is 194 g/mol. The van der Waals surface area contributed by atoms with Crippen LogP contribution in [0.2, 0.25) is 0 Å². The average molecular weight is 215 g/mol. The van der Waals surface area contributed by atoms with Crippen LogP contribution in [0.4, 0.5) is 0 Å². The Hall–Kier alpha value is -0.220. The van der Waals surface area contributed by atoms with Crippen LogP contribution in [0.1, 0.15) is 13.3 Å². The van der Waals surface area contributed by atoms with Gasteiger partial charge in [0.2, 0.25) is 0 Å². The van der Waals surface area contributed by atoms with E-state index in [4.69, 9.17) is 5.41 Å². The fraction of sp³-hybridized carbons (Fsp3) is 0.900. The van der Waals surface area contributed by atoms with Crippen molar-refractivity contribution in [3.63, 3.8) is 0 Å². The number of piperazine rings is 1. The molecule has 0 saturated carbocycles. The molecule has 0 spiro atoms. The zero-order valence-electron chi connectivity index (χ0n) is 9.25. The molecule has 0 amide bonds. The minimum absolute atomic E-state index is 0.816. The van der Waals surface area contributed by atoms with Crippen molar-refractivity contribution in [2.75, 3.05) is 44.7 Å². The summed E-state index contributed by atoms with van der Waals surface area (Å²) in [5.41, 5.74) is 0. The minimum atomic E-state index is 0.816. The highest BCUT2D eigenvalue weighted by molar-refractivity contribution is 7.99. The first-order valence-corrected chi connectivity index (χ1v) is 6.48. The summed E-state index contributed by atoms with van der Waals surface area (Å²) in [6.07, 6.45) is 1.21. The lowest BCUT2D eigenvalue weighted by atomic mass is 10.3. The molecule has 0 aromatic heterocycles. The van der Waals surface area contributed by atoms with Gasteiger partial charge >= 0.3 is 0 Å². The van der Waals surface area contributed by atoms with Gasteiger partial charge in [-0.2, -0.15) is 11.8 Å². The van der Waals surface area contributed by atoms with E-state index in [1.165, 1.54) is 12.2 Å². The maximum absolute atomic E-state index is 7.91. The molecule has 1 aliphatic rings. The van der Waals surface area contributed by atoms with Gasteiger partial charge in [0.15, 0.2) is 0 Å². The molecule has 4 heteroatoms. The molecule has 0 bridgehead atoms. The van der Waals surface area contributed by atoms with Crippen LogP contribution in [0, 0.1) is 5.41 Å². The molecule has 1 rings (SSSR count). The van der Waals surface area contributed by atoms with Crippen molar-refractivity contribution >= 4 is 17.6 Å². The molecule has 82 valence electrons. The highest BCUT2D eigenvalue weighted by Crippen LogP contribution is 2.06. The number of likely N-dealkylation sites (N-methyl/N-ethyl adjacent to an activating group) is 1. The maximum Gasteiger partial charge on any atom is 0.106 e. The first-order valence-electron chi connectivity index (χ1n) is 5.32. The predicted molar refractivity (Wildman–Crippen MR) is 64.4 cm³/mol. The summed E-state index contributed by atoms with van der Waals surface area (Å²) in [4.78, 5) is 4.53. The first kappa shape index (κ1) is 11.9. The van der Waals surface area contributed by atoms with Crippen LogP contribution >= 0.6 is 11.8 Å². The number of hydrogen-bond acceptors (Lipinski definition) is 3. The normalized spacial score (nSPS) is 18.6. The second-order valence-electron chi connectivity index (χ2n) is 3.79. The SMILES string of the molecule is CCCSCC(=N)N1CCN(C)CC1. The van der Waals surface area contributed by atoms with Crippen LogP contribution < -0.4 is 0 Å². The molecule has 1 fully saturated rings. The third-order valence-electron chi connectivity index (χ3n) is 2.47. The molecule has 1 N–H and O–H groups in total. The van der Waals surface area contributed by atoms with Crippen LogP contribution in [0.3, 0.4) is 0 Å². The number of nitrogens with one attached hydrogen (secondary N) is 1. The molecule has 1 aliphatic heterocycles. The van der Waals surface area contributed by atoms with E-state index < -0.39 is 0 Å². The van der Waals surface area contributed by atoms with Crippen LogP contribution in [-0.4, -0.2) is 60.4 Å². The summed E-state index contributed by atoms with van der Waals surface area (Å²) in [5.74, 6) is 2.88. The van der Waals surface area contributed by atoms with Crippen molar-refractivity contribution in [3.8, 4) is 0 Å². The Morgan fingerprint density at radius 1 is 1.29 bits per heavy atom.